The van der Waals surface area contributed by atoms with E-state index in [0.717, 1.165) is 6.07 Å². The van der Waals surface area contributed by atoms with Gasteiger partial charge in [0.2, 0.25) is 0 Å². The Balaban J connectivity index is 2.50. The lowest BCUT2D eigenvalue weighted by molar-refractivity contribution is -0.141. The molecule has 0 saturated heterocycles. The number of nitrogens with zero attached hydrogens (tertiary/aromatic N) is 4. The number of rotatable bonds is 5. The summed E-state index contributed by atoms with van der Waals surface area (Å²) in [7, 11) is 0. The molecule has 0 atom stereocenters. The highest BCUT2D eigenvalue weighted by molar-refractivity contribution is 7.99. The van der Waals surface area contributed by atoms with Crippen molar-refractivity contribution in [1.82, 2.24) is 19.7 Å². The predicted molar refractivity (Wildman–Crippen MR) is 77.0 cm³/mol. The maximum absolute atomic E-state index is 13.0. The number of carboxylic acid groups (broad SMARTS) is 1. The second kappa shape index (κ2) is 6.57. The van der Waals surface area contributed by atoms with Gasteiger partial charge < -0.3 is 5.11 Å². The molecule has 2 rings (SSSR count). The van der Waals surface area contributed by atoms with Crippen molar-refractivity contribution in [2.75, 3.05) is 5.75 Å². The van der Waals surface area contributed by atoms with Gasteiger partial charge in [-0.05, 0) is 19.9 Å². The van der Waals surface area contributed by atoms with Crippen LogP contribution in [-0.4, -0.2) is 36.6 Å². The molecule has 0 aliphatic rings. The Morgan fingerprint density at radius 2 is 2.09 bits per heavy atom. The van der Waals surface area contributed by atoms with Gasteiger partial charge in [-0.15, -0.1) is 0 Å². The molecule has 0 aromatic carbocycles. The van der Waals surface area contributed by atoms with Gasteiger partial charge in [-0.2, -0.15) is 18.3 Å². The number of carbonyl (C=O) groups is 1. The number of aliphatic carboxylic acids is 1. The molecule has 0 aliphatic heterocycles. The van der Waals surface area contributed by atoms with Crippen LogP contribution >= 0.6 is 11.8 Å². The van der Waals surface area contributed by atoms with Crippen molar-refractivity contribution < 1.29 is 23.1 Å². The lowest BCUT2D eigenvalue weighted by Gasteiger charge is -2.09. The number of halogens is 3. The van der Waals surface area contributed by atoms with Crippen LogP contribution in [-0.2, 0) is 17.5 Å². The Morgan fingerprint density at radius 3 is 2.61 bits per heavy atom. The molecule has 1 N–H and O–H groups in total. The molecule has 10 heteroatoms. The molecule has 0 unspecified atom stereocenters. The molecule has 124 valence electrons. The van der Waals surface area contributed by atoms with Crippen molar-refractivity contribution in [3.05, 3.63) is 23.7 Å². The van der Waals surface area contributed by atoms with Crippen molar-refractivity contribution in [2.45, 2.75) is 31.7 Å². The number of alkyl halides is 3. The normalized spacial score (nSPS) is 11.7. The summed E-state index contributed by atoms with van der Waals surface area (Å²) < 4.78 is 40.6. The first-order valence-electron chi connectivity index (χ1n) is 6.56. The summed E-state index contributed by atoms with van der Waals surface area (Å²) in [6, 6.07) is 0.842. The third-order valence-electron chi connectivity index (χ3n) is 2.87. The minimum absolute atomic E-state index is 0.0670. The molecule has 0 spiro atoms. The topological polar surface area (TPSA) is 80.9 Å². The van der Waals surface area contributed by atoms with E-state index in [1.807, 2.05) is 6.92 Å². The zero-order valence-corrected chi connectivity index (χ0v) is 13.1. The van der Waals surface area contributed by atoms with E-state index in [0.29, 0.717) is 29.6 Å². The molecule has 0 fully saturated rings. The van der Waals surface area contributed by atoms with Crippen LogP contribution in [0, 0.1) is 6.92 Å². The van der Waals surface area contributed by atoms with E-state index in [1.165, 1.54) is 0 Å². The van der Waals surface area contributed by atoms with Gasteiger partial charge in [-0.1, -0.05) is 11.8 Å². The first-order valence-corrected chi connectivity index (χ1v) is 7.54. The van der Waals surface area contributed by atoms with Crippen molar-refractivity contribution in [1.29, 1.82) is 0 Å². The van der Waals surface area contributed by atoms with E-state index in [9.17, 15) is 18.0 Å². The maximum Gasteiger partial charge on any atom is 0.433 e. The van der Waals surface area contributed by atoms with Crippen LogP contribution in [0.3, 0.4) is 0 Å². The third kappa shape index (κ3) is 4.21. The van der Waals surface area contributed by atoms with Gasteiger partial charge >= 0.3 is 12.1 Å². The summed E-state index contributed by atoms with van der Waals surface area (Å²) >= 11 is 0.637. The summed E-state index contributed by atoms with van der Waals surface area (Å²) in [5, 5.41) is 12.6. The van der Waals surface area contributed by atoms with Crippen molar-refractivity contribution in [2.24, 2.45) is 0 Å². The van der Waals surface area contributed by atoms with Crippen molar-refractivity contribution in [3.8, 4) is 11.3 Å². The Hall–Kier alpha value is -2.10. The molecular weight excluding hydrogens is 333 g/mol. The maximum atomic E-state index is 13.0. The molecular formula is C13H13F3N4O2S. The fraction of sp³-hybridized carbons (Fsp3) is 0.385. The average Bonchev–Trinajstić information content (AvgIpc) is 2.85. The highest BCUT2D eigenvalue weighted by Crippen LogP contribution is 2.32. The standard InChI is InChI=1S/C13H13F3N4O2S/c1-3-20-5-8(7(2)19-20)9-4-10(13(14,15)16)18-12(17-9)23-6-11(21)22/h4-5H,3,6H2,1-2H3,(H,21,22). The van der Waals surface area contributed by atoms with Crippen LogP contribution in [0.15, 0.2) is 17.4 Å². The lowest BCUT2D eigenvalue weighted by Crippen LogP contribution is -2.10. The largest absolute Gasteiger partial charge is 0.481 e. The SMILES string of the molecule is CCn1cc(-c2cc(C(F)(F)F)nc(SCC(=O)O)n2)c(C)n1. The molecule has 2 aromatic heterocycles. The molecule has 2 aromatic rings. The van der Waals surface area contributed by atoms with Gasteiger partial charge in [0.15, 0.2) is 5.16 Å². The molecule has 6 nitrogen and oxygen atoms in total. The van der Waals surface area contributed by atoms with E-state index in [2.05, 4.69) is 15.1 Å². The lowest BCUT2D eigenvalue weighted by atomic mass is 10.1. The molecule has 0 radical (unpaired) electrons. The summed E-state index contributed by atoms with van der Waals surface area (Å²) in [6.07, 6.45) is -3.05. The Kier molecular flexibility index (Phi) is 4.93. The van der Waals surface area contributed by atoms with Crippen LogP contribution in [0.2, 0.25) is 0 Å². The van der Waals surface area contributed by atoms with Gasteiger partial charge in [0.1, 0.15) is 5.69 Å². The smallest absolute Gasteiger partial charge is 0.433 e. The second-order valence-electron chi connectivity index (χ2n) is 4.59. The average molecular weight is 346 g/mol. The summed E-state index contributed by atoms with van der Waals surface area (Å²) in [4.78, 5) is 18.0. The highest BCUT2D eigenvalue weighted by atomic mass is 32.2. The van der Waals surface area contributed by atoms with Gasteiger partial charge in [-0.3, -0.25) is 9.48 Å². The molecule has 0 amide bonds. The zero-order chi connectivity index (χ0) is 17.2. The number of aromatic nitrogens is 4. The minimum atomic E-state index is -4.65. The molecule has 0 saturated carbocycles. The van der Waals surface area contributed by atoms with E-state index >= 15 is 0 Å². The number of thioether (sulfide) groups is 1. The van der Waals surface area contributed by atoms with E-state index in [-0.39, 0.29) is 10.9 Å². The highest BCUT2D eigenvalue weighted by Gasteiger charge is 2.34. The van der Waals surface area contributed by atoms with Crippen molar-refractivity contribution in [3.63, 3.8) is 0 Å². The molecule has 0 aliphatic carbocycles. The third-order valence-corrected chi connectivity index (χ3v) is 3.70. The first kappa shape index (κ1) is 17.3. The predicted octanol–water partition coefficient (Wildman–Crippen LogP) is 2.86. The number of hydrogen-bond acceptors (Lipinski definition) is 5. The second-order valence-corrected chi connectivity index (χ2v) is 5.53. The Bertz CT molecular complexity index is 730. The summed E-state index contributed by atoms with van der Waals surface area (Å²) in [6.45, 7) is 4.09. The number of aryl methyl sites for hydroxylation is 2. The summed E-state index contributed by atoms with van der Waals surface area (Å²) in [5.41, 5.74) is -0.0544. The van der Waals surface area contributed by atoms with Gasteiger partial charge in [0.25, 0.3) is 0 Å². The molecule has 23 heavy (non-hydrogen) atoms. The van der Waals surface area contributed by atoms with E-state index in [1.54, 1.807) is 17.8 Å². The van der Waals surface area contributed by atoms with Crippen LogP contribution < -0.4 is 0 Å². The minimum Gasteiger partial charge on any atom is -0.481 e. The monoisotopic (exact) mass is 346 g/mol. The van der Waals surface area contributed by atoms with Crippen LogP contribution in [0.1, 0.15) is 18.3 Å². The number of hydrogen-bond donors (Lipinski definition) is 1. The van der Waals surface area contributed by atoms with Crippen LogP contribution in [0.5, 0.6) is 0 Å². The quantitative estimate of drug-likeness (QED) is 0.662. The first-order chi connectivity index (χ1) is 10.7. The van der Waals surface area contributed by atoms with Gasteiger partial charge in [0, 0.05) is 18.3 Å². The van der Waals surface area contributed by atoms with Crippen LogP contribution in [0.4, 0.5) is 13.2 Å². The van der Waals surface area contributed by atoms with E-state index in [4.69, 9.17) is 5.11 Å². The summed E-state index contributed by atoms with van der Waals surface area (Å²) in [5.74, 6) is -1.58. The fourth-order valence-corrected chi connectivity index (χ4v) is 2.41. The fourth-order valence-electron chi connectivity index (χ4n) is 1.83. The van der Waals surface area contributed by atoms with E-state index < -0.39 is 23.6 Å². The Morgan fingerprint density at radius 1 is 1.39 bits per heavy atom. The molecule has 0 bridgehead atoms. The van der Waals surface area contributed by atoms with Crippen molar-refractivity contribution >= 4 is 17.7 Å². The number of carboxylic acids is 1. The Labute approximate surface area is 133 Å². The van der Waals surface area contributed by atoms with Gasteiger partial charge in [0.05, 0.1) is 17.1 Å². The zero-order valence-electron chi connectivity index (χ0n) is 12.3. The molecule has 2 heterocycles. The van der Waals surface area contributed by atoms with Gasteiger partial charge in [-0.25, -0.2) is 9.97 Å². The van der Waals surface area contributed by atoms with Crippen LogP contribution in [0.25, 0.3) is 11.3 Å².